The molecule has 4 rings (SSSR count). The molecule has 3 aromatic rings. The third-order valence-corrected chi connectivity index (χ3v) is 10.2. The highest BCUT2D eigenvalue weighted by Gasteiger charge is 2.61. The number of aromatic nitrogens is 2. The third-order valence-electron chi connectivity index (χ3n) is 7.16. The van der Waals surface area contributed by atoms with Gasteiger partial charge in [-0.15, -0.1) is 0 Å². The van der Waals surface area contributed by atoms with Gasteiger partial charge in [-0.3, -0.25) is 18.5 Å². The van der Waals surface area contributed by atoms with Gasteiger partial charge in [0.1, 0.15) is 6.10 Å². The van der Waals surface area contributed by atoms with E-state index in [0.717, 1.165) is 16.6 Å². The van der Waals surface area contributed by atoms with Gasteiger partial charge in [0.25, 0.3) is 15.7 Å². The Labute approximate surface area is 219 Å². The Morgan fingerprint density at radius 1 is 1.03 bits per heavy atom. The van der Waals surface area contributed by atoms with E-state index in [4.69, 9.17) is 8.61 Å². The second kappa shape index (κ2) is 10.2. The quantitative estimate of drug-likeness (QED) is 0.342. The van der Waals surface area contributed by atoms with Crippen LogP contribution < -0.4 is 21.6 Å². The number of nitrogens with one attached hydrogen (secondary N) is 1. The monoisotopic (exact) mass is 542 g/mol. The van der Waals surface area contributed by atoms with Gasteiger partial charge in [0.15, 0.2) is 0 Å². The summed E-state index contributed by atoms with van der Waals surface area (Å²) in [5, 5.41) is 2.11. The average Bonchev–Trinajstić information content (AvgIpc) is 2.82. The van der Waals surface area contributed by atoms with Crippen molar-refractivity contribution in [2.45, 2.75) is 45.8 Å². The summed E-state index contributed by atoms with van der Waals surface area (Å²) in [5.41, 5.74) is -2.18. The largest absolute Gasteiger partial charge is 0.408 e. The predicted octanol–water partition coefficient (Wildman–Crippen LogP) is 1.51. The van der Waals surface area contributed by atoms with Gasteiger partial charge in [-0.1, -0.05) is 81.4 Å². The van der Waals surface area contributed by atoms with Crippen molar-refractivity contribution in [3.63, 3.8) is 0 Å². The lowest BCUT2D eigenvalue weighted by atomic mass is 9.56. The van der Waals surface area contributed by atoms with Crippen LogP contribution in [0.1, 0.15) is 32.8 Å². The Balaban J connectivity index is 1.83. The number of benzene rings is 2. The zero-order chi connectivity index (χ0) is 27.0. The highest BCUT2D eigenvalue weighted by Crippen LogP contribution is 2.53. The smallest absolute Gasteiger partial charge is 0.329 e. The molecule has 10 heteroatoms. The average molecular weight is 543 g/mol. The lowest BCUT2D eigenvalue weighted by Crippen LogP contribution is -2.69. The van der Waals surface area contributed by atoms with Crippen LogP contribution in [0.3, 0.4) is 0 Å². The number of hydrogen-bond acceptors (Lipinski definition) is 6. The number of nitrogens with zero attached hydrogens (tertiary/aromatic N) is 1. The summed E-state index contributed by atoms with van der Waals surface area (Å²) in [4.78, 5) is 27.7. The fraction of sp³-hybridized carbons (Fsp3) is 0.407. The lowest BCUT2D eigenvalue weighted by molar-refractivity contribution is -0.147. The van der Waals surface area contributed by atoms with Gasteiger partial charge in [-0.2, -0.15) is 8.42 Å². The minimum absolute atomic E-state index is 0.0475. The van der Waals surface area contributed by atoms with Crippen LogP contribution in [0.5, 0.6) is 0 Å². The maximum absolute atomic E-state index is 13.1. The Kier molecular flexibility index (Phi) is 7.49. The van der Waals surface area contributed by atoms with Gasteiger partial charge in [-0.25, -0.2) is 4.79 Å². The van der Waals surface area contributed by atoms with Crippen molar-refractivity contribution < 1.29 is 17.0 Å². The molecule has 0 aliphatic heterocycles. The van der Waals surface area contributed by atoms with Crippen molar-refractivity contribution in [1.29, 1.82) is 0 Å². The van der Waals surface area contributed by atoms with Crippen LogP contribution in [0, 0.1) is 18.3 Å². The first-order valence-corrected chi connectivity index (χ1v) is 15.7. The van der Waals surface area contributed by atoms with Crippen LogP contribution in [0.4, 0.5) is 0 Å². The molecule has 1 saturated carbocycles. The summed E-state index contributed by atoms with van der Waals surface area (Å²) in [6, 6.07) is 19.8. The Bertz CT molecular complexity index is 1420. The van der Waals surface area contributed by atoms with E-state index in [2.05, 4.69) is 4.98 Å². The lowest BCUT2D eigenvalue weighted by Gasteiger charge is -2.58. The molecule has 0 bridgehead atoms. The minimum Gasteiger partial charge on any atom is -0.408 e. The molecule has 0 unspecified atom stereocenters. The summed E-state index contributed by atoms with van der Waals surface area (Å²) in [5.74, 6) is -0.168. The fourth-order valence-corrected chi connectivity index (χ4v) is 8.19. The molecule has 0 amide bonds. The summed E-state index contributed by atoms with van der Waals surface area (Å²) in [6.07, 6.45) is 2.10. The number of aryl methyl sites for hydroxylation is 1. The van der Waals surface area contributed by atoms with Crippen molar-refractivity contribution in [1.82, 2.24) is 9.55 Å². The fourth-order valence-electron chi connectivity index (χ4n) is 5.14. The minimum atomic E-state index is -3.86. The Morgan fingerprint density at radius 2 is 1.57 bits per heavy atom. The molecular formula is C27H34N2O6SSi. The Morgan fingerprint density at radius 3 is 2.05 bits per heavy atom. The normalized spacial score (nSPS) is 22.1. The van der Waals surface area contributed by atoms with Crippen LogP contribution in [0.2, 0.25) is 0 Å². The van der Waals surface area contributed by atoms with Crippen LogP contribution >= 0.6 is 0 Å². The van der Waals surface area contributed by atoms with Gasteiger partial charge >= 0.3 is 5.69 Å². The van der Waals surface area contributed by atoms with E-state index in [-0.39, 0.29) is 17.9 Å². The van der Waals surface area contributed by atoms with Crippen molar-refractivity contribution in [2.75, 3.05) is 12.9 Å². The summed E-state index contributed by atoms with van der Waals surface area (Å²) in [6.45, 7) is 7.72. The first-order chi connectivity index (χ1) is 17.3. The maximum atomic E-state index is 13.1. The van der Waals surface area contributed by atoms with Crippen molar-refractivity contribution in [3.8, 4) is 0 Å². The van der Waals surface area contributed by atoms with Gasteiger partial charge < -0.3 is 4.43 Å². The van der Waals surface area contributed by atoms with Crippen LogP contribution in [0.15, 0.2) is 76.4 Å². The molecule has 0 radical (unpaired) electrons. The van der Waals surface area contributed by atoms with E-state index in [9.17, 15) is 18.0 Å². The van der Waals surface area contributed by atoms with Gasteiger partial charge in [0, 0.05) is 11.8 Å². The molecule has 1 aliphatic rings. The number of H-pyrrole nitrogens is 1. The molecule has 1 N–H and O–H groups in total. The van der Waals surface area contributed by atoms with E-state index in [1.165, 1.54) is 10.8 Å². The highest BCUT2D eigenvalue weighted by atomic mass is 32.2. The van der Waals surface area contributed by atoms with Crippen molar-refractivity contribution in [2.24, 2.45) is 11.3 Å². The van der Waals surface area contributed by atoms with Gasteiger partial charge in [0.2, 0.25) is 9.04 Å². The standard InChI is InChI=1S/C27H34N2O6SSi/c1-19-17-29(25(31)28-24(19)30)27(16-22(26(2,3)4)23(27)35-36(5,32)33)18-34-37(20-12-8-6-9-13-20)21-14-10-7-11-15-21/h6-15,17,22-23,37H,16,18H2,1-5H3,(H,28,30,31)/t22-,23-,27-/m1/s1. The molecule has 198 valence electrons. The topological polar surface area (TPSA) is 107 Å². The molecule has 37 heavy (non-hydrogen) atoms. The first-order valence-electron chi connectivity index (χ1n) is 12.2. The SMILES string of the molecule is Cc1cn([C@@]2(CO[SiH](c3ccccc3)c3ccccc3)C[C@@H](C(C)(C)C)[C@H]2OS(C)(=O)=O)c(=O)[nH]c1=O. The van der Waals surface area contributed by atoms with E-state index in [1.54, 1.807) is 6.92 Å². The first kappa shape index (κ1) is 27.2. The molecule has 8 nitrogen and oxygen atoms in total. The molecule has 1 aliphatic carbocycles. The molecule has 1 fully saturated rings. The van der Waals surface area contributed by atoms with E-state index >= 15 is 0 Å². The maximum Gasteiger partial charge on any atom is 0.329 e. The van der Waals surface area contributed by atoms with E-state index in [1.807, 2.05) is 81.4 Å². The molecule has 1 aromatic heterocycles. The van der Waals surface area contributed by atoms with Gasteiger partial charge in [0.05, 0.1) is 18.4 Å². The Hall–Kier alpha value is -2.79. The molecule has 3 atom stereocenters. The zero-order valence-corrected chi connectivity index (χ0v) is 23.8. The summed E-state index contributed by atoms with van der Waals surface area (Å²) < 4.78 is 38.7. The van der Waals surface area contributed by atoms with Crippen molar-refractivity contribution >= 4 is 29.5 Å². The van der Waals surface area contributed by atoms with Crippen molar-refractivity contribution in [3.05, 3.63) is 93.3 Å². The summed E-state index contributed by atoms with van der Waals surface area (Å²) in [7, 11) is -6.09. The van der Waals surface area contributed by atoms with Crippen LogP contribution in [-0.2, 0) is 24.3 Å². The third kappa shape index (κ3) is 5.72. The number of hydrogen-bond donors (Lipinski definition) is 1. The number of aromatic amines is 1. The van der Waals surface area contributed by atoms with Crippen LogP contribution in [0.25, 0.3) is 0 Å². The van der Waals surface area contributed by atoms with E-state index in [0.29, 0.717) is 12.0 Å². The van der Waals surface area contributed by atoms with Crippen LogP contribution in [-0.4, -0.2) is 46.0 Å². The molecule has 2 aromatic carbocycles. The highest BCUT2D eigenvalue weighted by molar-refractivity contribution is 7.86. The van der Waals surface area contributed by atoms with Gasteiger partial charge in [-0.05, 0) is 35.1 Å². The molecule has 0 spiro atoms. The molecule has 1 heterocycles. The molecular weight excluding hydrogens is 508 g/mol. The summed E-state index contributed by atoms with van der Waals surface area (Å²) >= 11 is 0. The second-order valence-corrected chi connectivity index (χ2v) is 15.0. The molecule has 0 saturated heterocycles. The second-order valence-electron chi connectivity index (χ2n) is 11.0. The number of rotatable bonds is 8. The van der Waals surface area contributed by atoms with E-state index < -0.39 is 42.1 Å². The predicted molar refractivity (Wildman–Crippen MR) is 147 cm³/mol. The zero-order valence-electron chi connectivity index (χ0n) is 21.8.